The van der Waals surface area contributed by atoms with E-state index in [9.17, 15) is 0 Å². The van der Waals surface area contributed by atoms with Gasteiger partial charge in [-0.25, -0.2) is 4.98 Å². The van der Waals surface area contributed by atoms with Crippen molar-refractivity contribution in [3.8, 4) is 0 Å². The monoisotopic (exact) mass is 197 g/mol. The number of H-pyrrole nitrogens is 1. The summed E-state index contributed by atoms with van der Waals surface area (Å²) in [4.78, 5) is 7.10. The molecule has 0 saturated heterocycles. The number of rotatable bonds is 2. The molecule has 0 atom stereocenters. The van der Waals surface area contributed by atoms with Gasteiger partial charge in [0.25, 0.3) is 0 Å². The van der Waals surface area contributed by atoms with E-state index in [1.807, 2.05) is 27.9 Å². The van der Waals surface area contributed by atoms with Gasteiger partial charge >= 0.3 is 0 Å². The van der Waals surface area contributed by atoms with E-state index in [0.29, 0.717) is 0 Å². The molecule has 12 heavy (non-hydrogen) atoms. The van der Waals surface area contributed by atoms with Crippen molar-refractivity contribution in [3.63, 3.8) is 0 Å². The first kappa shape index (κ1) is 7.70. The minimum Gasteiger partial charge on any atom is -0.337 e. The predicted molar refractivity (Wildman–Crippen MR) is 50.8 cm³/mol. The highest BCUT2D eigenvalue weighted by Gasteiger charge is 1.96. The lowest BCUT2D eigenvalue weighted by Gasteiger charge is -1.96. The van der Waals surface area contributed by atoms with Crippen LogP contribution in [0.5, 0.6) is 0 Å². The van der Waals surface area contributed by atoms with Crippen LogP contribution in [0.25, 0.3) is 0 Å². The third-order valence-corrected chi connectivity index (χ3v) is 2.53. The Labute approximate surface area is 78.7 Å². The molecule has 0 spiro atoms. The van der Waals surface area contributed by atoms with Crippen LogP contribution in [0.1, 0.15) is 5.69 Å². The predicted octanol–water partition coefficient (Wildman–Crippen LogP) is 2.05. The smallest absolute Gasteiger partial charge is 0.177 e. The Morgan fingerprint density at radius 1 is 1.67 bits per heavy atom. The molecule has 2 aromatic heterocycles. The summed E-state index contributed by atoms with van der Waals surface area (Å²) < 4.78 is 2.69. The lowest BCUT2D eigenvalue weighted by atomic mass is 10.5. The van der Waals surface area contributed by atoms with Crippen molar-refractivity contribution in [2.45, 2.75) is 6.54 Å². The molecule has 0 bridgehead atoms. The number of imidazole rings is 1. The zero-order chi connectivity index (χ0) is 8.39. The van der Waals surface area contributed by atoms with E-state index < -0.39 is 0 Å². The van der Waals surface area contributed by atoms with Gasteiger partial charge in [-0.05, 0) is 12.2 Å². The minimum atomic E-state index is 0.739. The first-order valence-corrected chi connectivity index (χ1v) is 4.82. The van der Waals surface area contributed by atoms with Crippen molar-refractivity contribution in [3.05, 3.63) is 33.7 Å². The van der Waals surface area contributed by atoms with Crippen LogP contribution in [0, 0.1) is 4.77 Å². The van der Waals surface area contributed by atoms with Gasteiger partial charge in [-0.1, -0.05) is 0 Å². The maximum atomic E-state index is 5.04. The van der Waals surface area contributed by atoms with Gasteiger partial charge in [-0.3, -0.25) is 0 Å². The Morgan fingerprint density at radius 2 is 2.58 bits per heavy atom. The molecular formula is C7H7N3S2. The largest absolute Gasteiger partial charge is 0.337 e. The zero-order valence-corrected chi connectivity index (χ0v) is 7.86. The molecule has 0 unspecified atom stereocenters. The number of aromatic nitrogens is 3. The molecule has 0 saturated carbocycles. The molecule has 0 aliphatic rings. The average Bonchev–Trinajstić information content (AvgIpc) is 2.65. The molecule has 2 aromatic rings. The molecule has 0 radical (unpaired) electrons. The van der Waals surface area contributed by atoms with Crippen molar-refractivity contribution in [2.75, 3.05) is 0 Å². The van der Waals surface area contributed by atoms with Crippen LogP contribution in [-0.4, -0.2) is 14.5 Å². The van der Waals surface area contributed by atoms with Gasteiger partial charge in [0.1, 0.15) is 0 Å². The molecule has 5 heteroatoms. The maximum Gasteiger partial charge on any atom is 0.177 e. The molecule has 0 aliphatic carbocycles. The van der Waals surface area contributed by atoms with E-state index in [1.165, 1.54) is 0 Å². The Bertz CT molecular complexity index is 398. The van der Waals surface area contributed by atoms with Gasteiger partial charge in [-0.15, -0.1) is 11.3 Å². The highest BCUT2D eigenvalue weighted by atomic mass is 32.1. The molecule has 0 amide bonds. The molecule has 1 N–H and O–H groups in total. The third kappa shape index (κ3) is 1.46. The fraction of sp³-hybridized carbons (Fsp3) is 0.143. The van der Waals surface area contributed by atoms with Crippen molar-refractivity contribution in [1.82, 2.24) is 14.5 Å². The standard InChI is InChI=1S/C7H7N3S2/c11-7-8-1-2-10(7)3-6-4-12-5-9-6/h1-2,4-5H,3H2,(H,8,11). The highest BCUT2D eigenvalue weighted by molar-refractivity contribution is 7.71. The van der Waals surface area contributed by atoms with Crippen molar-refractivity contribution >= 4 is 23.6 Å². The normalized spacial score (nSPS) is 10.3. The van der Waals surface area contributed by atoms with Crippen LogP contribution in [0.15, 0.2) is 23.3 Å². The van der Waals surface area contributed by atoms with Crippen LogP contribution in [-0.2, 0) is 6.54 Å². The van der Waals surface area contributed by atoms with Crippen LogP contribution in [0.3, 0.4) is 0 Å². The SMILES string of the molecule is S=c1[nH]ccn1Cc1cscn1. The fourth-order valence-corrected chi connectivity index (χ4v) is 1.71. The number of hydrogen-bond donors (Lipinski definition) is 1. The number of nitrogens with zero attached hydrogens (tertiary/aromatic N) is 2. The quantitative estimate of drug-likeness (QED) is 0.747. The molecule has 0 fully saturated rings. The Balaban J connectivity index is 2.25. The van der Waals surface area contributed by atoms with Gasteiger partial charge < -0.3 is 9.55 Å². The van der Waals surface area contributed by atoms with E-state index in [-0.39, 0.29) is 0 Å². The second-order valence-electron chi connectivity index (χ2n) is 2.37. The molecule has 0 aliphatic heterocycles. The van der Waals surface area contributed by atoms with Crippen molar-refractivity contribution in [1.29, 1.82) is 0 Å². The first-order chi connectivity index (χ1) is 5.86. The summed E-state index contributed by atoms with van der Waals surface area (Å²) in [5.74, 6) is 0. The van der Waals surface area contributed by atoms with Crippen LogP contribution in [0.2, 0.25) is 0 Å². The highest BCUT2D eigenvalue weighted by Crippen LogP contribution is 2.03. The van der Waals surface area contributed by atoms with Gasteiger partial charge in [0.15, 0.2) is 4.77 Å². The molecule has 3 nitrogen and oxygen atoms in total. The van der Waals surface area contributed by atoms with Gasteiger partial charge in [0.2, 0.25) is 0 Å². The fourth-order valence-electron chi connectivity index (χ4n) is 0.964. The topological polar surface area (TPSA) is 33.6 Å². The second kappa shape index (κ2) is 3.20. The van der Waals surface area contributed by atoms with E-state index in [4.69, 9.17) is 12.2 Å². The number of hydrogen-bond acceptors (Lipinski definition) is 3. The van der Waals surface area contributed by atoms with Crippen LogP contribution < -0.4 is 0 Å². The van der Waals surface area contributed by atoms with Gasteiger partial charge in [0, 0.05) is 17.8 Å². The molecule has 62 valence electrons. The number of nitrogens with one attached hydrogen (secondary N) is 1. The van der Waals surface area contributed by atoms with E-state index in [1.54, 1.807) is 11.3 Å². The molecule has 0 aromatic carbocycles. The summed E-state index contributed by atoms with van der Waals surface area (Å²) in [6.45, 7) is 0.756. The molecule has 2 heterocycles. The van der Waals surface area contributed by atoms with Crippen LogP contribution in [0.4, 0.5) is 0 Å². The van der Waals surface area contributed by atoms with Crippen molar-refractivity contribution in [2.24, 2.45) is 0 Å². The number of thiazole rings is 1. The maximum absolute atomic E-state index is 5.04. The summed E-state index contributed by atoms with van der Waals surface area (Å²) in [5.41, 5.74) is 2.88. The lowest BCUT2D eigenvalue weighted by Crippen LogP contribution is -1.97. The summed E-state index contributed by atoms with van der Waals surface area (Å²) in [7, 11) is 0. The van der Waals surface area contributed by atoms with E-state index in [2.05, 4.69) is 9.97 Å². The summed E-state index contributed by atoms with van der Waals surface area (Å²) in [5, 5.41) is 2.02. The number of aromatic amines is 1. The Kier molecular flexibility index (Phi) is 2.05. The summed E-state index contributed by atoms with van der Waals surface area (Å²) in [6, 6.07) is 0. The minimum absolute atomic E-state index is 0.739. The third-order valence-electron chi connectivity index (χ3n) is 1.54. The summed E-state index contributed by atoms with van der Waals surface area (Å²) >= 11 is 6.64. The van der Waals surface area contributed by atoms with E-state index >= 15 is 0 Å². The first-order valence-electron chi connectivity index (χ1n) is 3.47. The summed E-state index contributed by atoms with van der Waals surface area (Å²) in [6.07, 6.45) is 3.75. The van der Waals surface area contributed by atoms with E-state index in [0.717, 1.165) is 17.0 Å². The second-order valence-corrected chi connectivity index (χ2v) is 3.48. The van der Waals surface area contributed by atoms with Gasteiger partial charge in [-0.2, -0.15) is 0 Å². The average molecular weight is 197 g/mol. The Hall–Kier alpha value is -0.940. The van der Waals surface area contributed by atoms with Crippen molar-refractivity contribution < 1.29 is 0 Å². The van der Waals surface area contributed by atoms with Crippen LogP contribution >= 0.6 is 23.6 Å². The molecule has 2 rings (SSSR count). The zero-order valence-electron chi connectivity index (χ0n) is 6.23. The molecular weight excluding hydrogens is 190 g/mol. The van der Waals surface area contributed by atoms with Gasteiger partial charge in [0.05, 0.1) is 17.7 Å². The lowest BCUT2D eigenvalue weighted by molar-refractivity contribution is 0.767. The Morgan fingerprint density at radius 3 is 3.17 bits per heavy atom.